The topological polar surface area (TPSA) is 52.6 Å². The third kappa shape index (κ3) is 8.79. The molecule has 0 aromatic heterocycles. The highest BCUT2D eigenvalue weighted by Crippen LogP contribution is 2.07. The lowest BCUT2D eigenvalue weighted by Gasteiger charge is -2.09. The lowest BCUT2D eigenvalue weighted by molar-refractivity contribution is -0.144. The van der Waals surface area contributed by atoms with E-state index < -0.39 is 5.97 Å². The average molecular weight is 256 g/mol. The van der Waals surface area contributed by atoms with Crippen LogP contribution in [0.4, 0.5) is 0 Å². The average Bonchev–Trinajstić information content (AvgIpc) is 2.30. The van der Waals surface area contributed by atoms with Gasteiger partial charge in [0, 0.05) is 12.0 Å². The van der Waals surface area contributed by atoms with Gasteiger partial charge in [0.15, 0.2) is 0 Å². The summed E-state index contributed by atoms with van der Waals surface area (Å²) in [4.78, 5) is 22.8. The predicted molar refractivity (Wildman–Crippen MR) is 70.0 cm³/mol. The monoisotopic (exact) mass is 256 g/mol. The first kappa shape index (κ1) is 16.7. The van der Waals surface area contributed by atoms with Crippen molar-refractivity contribution in [3.8, 4) is 0 Å². The van der Waals surface area contributed by atoms with Crippen molar-refractivity contribution in [3.05, 3.63) is 12.2 Å². The van der Waals surface area contributed by atoms with Crippen LogP contribution in [0.15, 0.2) is 12.2 Å². The van der Waals surface area contributed by atoms with Crippen LogP contribution in [0.5, 0.6) is 0 Å². The van der Waals surface area contributed by atoms with Gasteiger partial charge in [0.05, 0.1) is 13.2 Å². The Morgan fingerprint density at radius 1 is 0.944 bits per heavy atom. The van der Waals surface area contributed by atoms with Crippen LogP contribution in [0, 0.1) is 11.8 Å². The van der Waals surface area contributed by atoms with Crippen molar-refractivity contribution in [2.75, 3.05) is 13.2 Å². The highest BCUT2D eigenvalue weighted by Gasteiger charge is 2.12. The Labute approximate surface area is 109 Å². The Hall–Kier alpha value is -1.32. The first-order valence-corrected chi connectivity index (χ1v) is 6.33. The Kier molecular flexibility index (Phi) is 8.08. The summed E-state index contributed by atoms with van der Waals surface area (Å²) in [6.07, 6.45) is 0.455. The highest BCUT2D eigenvalue weighted by atomic mass is 16.5. The van der Waals surface area contributed by atoms with Gasteiger partial charge in [0.1, 0.15) is 0 Å². The van der Waals surface area contributed by atoms with E-state index in [0.29, 0.717) is 24.7 Å². The highest BCUT2D eigenvalue weighted by molar-refractivity contribution is 5.88. The first-order chi connectivity index (χ1) is 8.32. The lowest BCUT2D eigenvalue weighted by Crippen LogP contribution is -2.14. The molecule has 0 aliphatic rings. The normalized spacial score (nSPS) is 10.6. The summed E-state index contributed by atoms with van der Waals surface area (Å²) >= 11 is 0. The minimum atomic E-state index is -0.430. The van der Waals surface area contributed by atoms with Crippen LogP contribution in [-0.4, -0.2) is 25.2 Å². The van der Waals surface area contributed by atoms with Crippen LogP contribution in [0.25, 0.3) is 0 Å². The first-order valence-electron chi connectivity index (χ1n) is 6.33. The van der Waals surface area contributed by atoms with Gasteiger partial charge >= 0.3 is 11.9 Å². The van der Waals surface area contributed by atoms with E-state index >= 15 is 0 Å². The van der Waals surface area contributed by atoms with Gasteiger partial charge in [-0.2, -0.15) is 0 Å². The van der Waals surface area contributed by atoms with Crippen molar-refractivity contribution >= 4 is 11.9 Å². The molecule has 0 unspecified atom stereocenters. The smallest absolute Gasteiger partial charge is 0.333 e. The Morgan fingerprint density at radius 2 is 1.44 bits per heavy atom. The lowest BCUT2D eigenvalue weighted by atomic mass is 10.1. The van der Waals surface area contributed by atoms with Crippen LogP contribution in [0.1, 0.15) is 40.5 Å². The molecule has 4 heteroatoms. The quantitative estimate of drug-likeness (QED) is 0.495. The molecule has 0 radical (unpaired) electrons. The van der Waals surface area contributed by atoms with Crippen LogP contribution in [0.2, 0.25) is 0 Å². The standard InChI is InChI=1S/C14H24O4/c1-10(2)8-17-13(15)7-6-12(5)14(16)18-9-11(3)4/h10-11H,5-9H2,1-4H3. The summed E-state index contributed by atoms with van der Waals surface area (Å²) in [5.41, 5.74) is 0.317. The van der Waals surface area contributed by atoms with Crippen LogP contribution >= 0.6 is 0 Å². The van der Waals surface area contributed by atoms with E-state index in [9.17, 15) is 9.59 Å². The van der Waals surface area contributed by atoms with Crippen molar-refractivity contribution in [3.63, 3.8) is 0 Å². The number of hydrogen-bond acceptors (Lipinski definition) is 4. The molecule has 0 rings (SSSR count). The summed E-state index contributed by atoms with van der Waals surface area (Å²) in [5, 5.41) is 0. The maximum atomic E-state index is 11.5. The van der Waals surface area contributed by atoms with Gasteiger partial charge in [0.25, 0.3) is 0 Å². The van der Waals surface area contributed by atoms with Crippen molar-refractivity contribution in [2.45, 2.75) is 40.5 Å². The molecular formula is C14H24O4. The molecular weight excluding hydrogens is 232 g/mol. The second-order valence-corrected chi connectivity index (χ2v) is 5.17. The second-order valence-electron chi connectivity index (χ2n) is 5.17. The summed E-state index contributed by atoms with van der Waals surface area (Å²) in [6.45, 7) is 12.2. The molecule has 0 aromatic rings. The van der Waals surface area contributed by atoms with Gasteiger partial charge in [-0.1, -0.05) is 34.3 Å². The molecule has 0 spiro atoms. The minimum Gasteiger partial charge on any atom is -0.465 e. The summed E-state index contributed by atoms with van der Waals surface area (Å²) in [5.74, 6) is -0.132. The molecule has 0 heterocycles. The molecule has 4 nitrogen and oxygen atoms in total. The van der Waals surface area contributed by atoms with E-state index in [2.05, 4.69) is 6.58 Å². The Bertz CT molecular complexity index is 292. The van der Waals surface area contributed by atoms with Gasteiger partial charge < -0.3 is 9.47 Å². The molecule has 0 amide bonds. The van der Waals surface area contributed by atoms with Gasteiger partial charge in [-0.3, -0.25) is 4.79 Å². The van der Waals surface area contributed by atoms with Gasteiger partial charge in [0.2, 0.25) is 0 Å². The van der Waals surface area contributed by atoms with E-state index in [1.165, 1.54) is 0 Å². The molecule has 0 atom stereocenters. The molecule has 0 bridgehead atoms. The van der Waals surface area contributed by atoms with Crippen molar-refractivity contribution in [1.29, 1.82) is 0 Å². The fourth-order valence-corrected chi connectivity index (χ4v) is 1.03. The molecule has 0 saturated carbocycles. The number of carbonyl (C=O) groups excluding carboxylic acids is 2. The third-order valence-electron chi connectivity index (χ3n) is 2.04. The number of esters is 2. The number of carbonyl (C=O) groups is 2. The third-order valence-corrected chi connectivity index (χ3v) is 2.04. The van der Waals surface area contributed by atoms with Gasteiger partial charge in [-0.15, -0.1) is 0 Å². The summed E-state index contributed by atoms with van der Waals surface area (Å²) < 4.78 is 10.0. The molecule has 0 aliphatic heterocycles. The Balaban J connectivity index is 3.81. The van der Waals surface area contributed by atoms with Gasteiger partial charge in [-0.05, 0) is 18.3 Å². The van der Waals surface area contributed by atoms with Crippen LogP contribution < -0.4 is 0 Å². The number of rotatable bonds is 8. The minimum absolute atomic E-state index is 0.169. The Morgan fingerprint density at radius 3 is 1.94 bits per heavy atom. The molecule has 0 fully saturated rings. The van der Waals surface area contributed by atoms with E-state index in [1.54, 1.807) is 0 Å². The molecule has 0 aromatic carbocycles. The van der Waals surface area contributed by atoms with E-state index in [-0.39, 0.29) is 24.7 Å². The molecule has 104 valence electrons. The maximum Gasteiger partial charge on any atom is 0.333 e. The fourth-order valence-electron chi connectivity index (χ4n) is 1.03. The van der Waals surface area contributed by atoms with Crippen LogP contribution in [-0.2, 0) is 19.1 Å². The number of ether oxygens (including phenoxy) is 2. The van der Waals surface area contributed by atoms with Crippen molar-refractivity contribution in [1.82, 2.24) is 0 Å². The zero-order chi connectivity index (χ0) is 14.1. The summed E-state index contributed by atoms with van der Waals surface area (Å²) in [6, 6.07) is 0. The molecule has 0 saturated heterocycles. The predicted octanol–water partition coefficient (Wildman–Crippen LogP) is 2.72. The van der Waals surface area contributed by atoms with Crippen molar-refractivity contribution in [2.24, 2.45) is 11.8 Å². The maximum absolute atomic E-state index is 11.5. The second kappa shape index (κ2) is 8.72. The fraction of sp³-hybridized carbons (Fsp3) is 0.714. The SMILES string of the molecule is C=C(CCC(=O)OCC(C)C)C(=O)OCC(C)C. The largest absolute Gasteiger partial charge is 0.465 e. The molecule has 0 N–H and O–H groups in total. The number of hydrogen-bond donors (Lipinski definition) is 0. The van der Waals surface area contributed by atoms with E-state index in [4.69, 9.17) is 9.47 Å². The molecule has 0 aliphatic carbocycles. The molecule has 18 heavy (non-hydrogen) atoms. The van der Waals surface area contributed by atoms with Crippen LogP contribution in [0.3, 0.4) is 0 Å². The van der Waals surface area contributed by atoms with Gasteiger partial charge in [-0.25, -0.2) is 4.79 Å². The van der Waals surface area contributed by atoms with Crippen molar-refractivity contribution < 1.29 is 19.1 Å². The zero-order valence-electron chi connectivity index (χ0n) is 11.8. The van der Waals surface area contributed by atoms with E-state index in [1.807, 2.05) is 27.7 Å². The summed E-state index contributed by atoms with van der Waals surface area (Å²) in [7, 11) is 0. The van der Waals surface area contributed by atoms with E-state index in [0.717, 1.165) is 0 Å². The zero-order valence-corrected chi connectivity index (χ0v) is 11.8.